The van der Waals surface area contributed by atoms with Crippen molar-refractivity contribution in [3.05, 3.63) is 139 Å². The van der Waals surface area contributed by atoms with Crippen LogP contribution in [0.2, 0.25) is 0 Å². The highest BCUT2D eigenvalue weighted by atomic mass is 16.2. The zero-order valence-corrected chi connectivity index (χ0v) is 21.8. The summed E-state index contributed by atoms with van der Waals surface area (Å²) in [6.07, 6.45) is 1.61. The summed E-state index contributed by atoms with van der Waals surface area (Å²) in [6, 6.07) is 39.7. The molecule has 1 aliphatic heterocycles. The van der Waals surface area contributed by atoms with Gasteiger partial charge in [-0.3, -0.25) is 14.5 Å². The van der Waals surface area contributed by atoms with Crippen molar-refractivity contribution in [2.45, 2.75) is 0 Å². The Hall–Kier alpha value is -5.49. The van der Waals surface area contributed by atoms with Crippen LogP contribution >= 0.6 is 0 Å². The fourth-order valence-electron chi connectivity index (χ4n) is 5.00. The first-order chi connectivity index (χ1) is 19.5. The van der Waals surface area contributed by atoms with Crippen LogP contribution in [-0.2, 0) is 9.59 Å². The van der Waals surface area contributed by atoms with Gasteiger partial charge in [0.25, 0.3) is 11.8 Å². The number of rotatable bonds is 5. The summed E-state index contributed by atoms with van der Waals surface area (Å²) < 4.78 is 2.14. The number of carbonyl (C=O) groups is 3. The van der Waals surface area contributed by atoms with Gasteiger partial charge in [0.2, 0.25) is 0 Å². The number of benzene rings is 4. The molecule has 2 heterocycles. The molecular formula is C34H25N3O3. The van der Waals surface area contributed by atoms with E-state index >= 15 is 0 Å². The molecule has 6 heteroatoms. The number of imide groups is 2. The van der Waals surface area contributed by atoms with Crippen LogP contribution in [0.4, 0.5) is 10.5 Å². The normalized spacial score (nSPS) is 14.7. The Morgan fingerprint density at radius 2 is 1.07 bits per heavy atom. The number of carbonyl (C=O) groups excluding carboxylic acids is 3. The van der Waals surface area contributed by atoms with Gasteiger partial charge in [-0.05, 0) is 47.5 Å². The number of hydrogen-bond acceptors (Lipinski definition) is 3. The third-order valence-corrected chi connectivity index (χ3v) is 6.92. The number of nitrogens with zero attached hydrogens (tertiary/aromatic N) is 3. The topological polar surface area (TPSA) is 62.6 Å². The van der Waals surface area contributed by atoms with Crippen molar-refractivity contribution >= 4 is 29.6 Å². The van der Waals surface area contributed by atoms with Gasteiger partial charge in [-0.2, -0.15) is 0 Å². The van der Waals surface area contributed by atoms with Crippen LogP contribution in [0.25, 0.3) is 34.3 Å². The fourth-order valence-corrected chi connectivity index (χ4v) is 5.00. The standard InChI is InChI=1S/C34H25N3O3/c1-35-32(38)29(33(39)37(34(35)40)28-20-12-5-13-21-28)22-26-23-30(24-14-6-2-7-15-24)36(27-18-10-4-11-19-27)31(26)25-16-8-3-9-17-25/h2-23H,1H3/b29-22-. The first-order valence-electron chi connectivity index (χ1n) is 12.9. The number of likely N-dealkylation sites (N-methyl/N-ethyl adjacent to an activating group) is 1. The third kappa shape index (κ3) is 4.31. The van der Waals surface area contributed by atoms with Crippen LogP contribution in [0, 0.1) is 0 Å². The number of urea groups is 1. The van der Waals surface area contributed by atoms with Crippen molar-refractivity contribution in [3.8, 4) is 28.2 Å². The molecule has 6 nitrogen and oxygen atoms in total. The highest BCUT2D eigenvalue weighted by Gasteiger charge is 2.41. The number of para-hydroxylation sites is 2. The molecule has 5 aromatic rings. The van der Waals surface area contributed by atoms with Gasteiger partial charge in [-0.1, -0.05) is 97.1 Å². The summed E-state index contributed by atoms with van der Waals surface area (Å²) in [6.45, 7) is 0. The summed E-state index contributed by atoms with van der Waals surface area (Å²) in [5, 5.41) is 0. The van der Waals surface area contributed by atoms with Gasteiger partial charge in [0.05, 0.1) is 17.1 Å². The number of aromatic nitrogens is 1. The second kappa shape index (κ2) is 10.3. The average molecular weight is 524 g/mol. The molecule has 1 saturated heterocycles. The molecule has 0 atom stereocenters. The molecule has 0 unspecified atom stereocenters. The van der Waals surface area contributed by atoms with Gasteiger partial charge in [0.1, 0.15) is 5.57 Å². The van der Waals surface area contributed by atoms with E-state index in [2.05, 4.69) is 4.57 Å². The van der Waals surface area contributed by atoms with Crippen LogP contribution in [0.15, 0.2) is 133 Å². The van der Waals surface area contributed by atoms with Crippen LogP contribution in [0.5, 0.6) is 0 Å². The van der Waals surface area contributed by atoms with Gasteiger partial charge in [-0.25, -0.2) is 9.69 Å². The van der Waals surface area contributed by atoms with Crippen molar-refractivity contribution < 1.29 is 14.4 Å². The lowest BCUT2D eigenvalue weighted by atomic mass is 10.0. The molecule has 0 saturated carbocycles. The predicted molar refractivity (Wildman–Crippen MR) is 157 cm³/mol. The Balaban J connectivity index is 1.62. The second-order valence-corrected chi connectivity index (χ2v) is 9.42. The molecule has 194 valence electrons. The van der Waals surface area contributed by atoms with Crippen LogP contribution in [0.1, 0.15) is 5.56 Å². The summed E-state index contributed by atoms with van der Waals surface area (Å²) in [5.74, 6) is -1.30. The molecule has 1 aromatic heterocycles. The molecule has 1 aliphatic rings. The molecule has 0 radical (unpaired) electrons. The van der Waals surface area contributed by atoms with E-state index in [1.807, 2.05) is 97.1 Å². The van der Waals surface area contributed by atoms with Crippen molar-refractivity contribution in [1.82, 2.24) is 9.47 Å². The summed E-state index contributed by atoms with van der Waals surface area (Å²) in [4.78, 5) is 42.2. The summed E-state index contributed by atoms with van der Waals surface area (Å²) >= 11 is 0. The Labute approximate surface area is 232 Å². The van der Waals surface area contributed by atoms with Crippen molar-refractivity contribution in [1.29, 1.82) is 0 Å². The fraction of sp³-hybridized carbons (Fsp3) is 0.0294. The van der Waals surface area contributed by atoms with E-state index < -0.39 is 17.8 Å². The molecule has 40 heavy (non-hydrogen) atoms. The van der Waals surface area contributed by atoms with Crippen LogP contribution in [-0.4, -0.2) is 34.4 Å². The van der Waals surface area contributed by atoms with Gasteiger partial charge >= 0.3 is 6.03 Å². The monoisotopic (exact) mass is 523 g/mol. The Bertz CT molecular complexity index is 1740. The molecule has 0 N–H and O–H groups in total. The van der Waals surface area contributed by atoms with Gasteiger partial charge in [-0.15, -0.1) is 0 Å². The molecule has 0 aliphatic carbocycles. The highest BCUT2D eigenvalue weighted by Crippen LogP contribution is 2.38. The van der Waals surface area contributed by atoms with E-state index in [9.17, 15) is 14.4 Å². The minimum atomic E-state index is -0.687. The van der Waals surface area contributed by atoms with Crippen LogP contribution in [0.3, 0.4) is 0 Å². The number of amides is 4. The predicted octanol–water partition coefficient (Wildman–Crippen LogP) is 6.82. The Kier molecular flexibility index (Phi) is 6.42. The minimum Gasteiger partial charge on any atom is -0.309 e. The first-order valence-corrected chi connectivity index (χ1v) is 12.9. The molecule has 0 bridgehead atoms. The zero-order valence-electron chi connectivity index (χ0n) is 21.8. The molecule has 4 aromatic carbocycles. The lowest BCUT2D eigenvalue weighted by Gasteiger charge is -2.31. The summed E-state index contributed by atoms with van der Waals surface area (Å²) in [5.41, 5.74) is 5.55. The van der Waals surface area contributed by atoms with E-state index in [4.69, 9.17) is 0 Å². The Morgan fingerprint density at radius 1 is 0.575 bits per heavy atom. The Morgan fingerprint density at radius 3 is 1.65 bits per heavy atom. The largest absolute Gasteiger partial charge is 0.338 e. The van der Waals surface area contributed by atoms with E-state index in [0.29, 0.717) is 11.3 Å². The van der Waals surface area contributed by atoms with E-state index in [0.717, 1.165) is 38.0 Å². The molecule has 0 spiro atoms. The molecular weight excluding hydrogens is 498 g/mol. The van der Waals surface area contributed by atoms with E-state index in [-0.39, 0.29) is 5.57 Å². The van der Waals surface area contributed by atoms with E-state index in [1.54, 1.807) is 36.4 Å². The quantitative estimate of drug-likeness (QED) is 0.188. The SMILES string of the molecule is CN1C(=O)/C(=C/c2cc(-c3ccccc3)n(-c3ccccc3)c2-c2ccccc2)C(=O)N(c2ccccc2)C1=O. The number of barbiturate groups is 1. The maximum atomic E-state index is 13.8. The molecule has 1 fully saturated rings. The van der Waals surface area contributed by atoms with Crippen molar-refractivity contribution in [3.63, 3.8) is 0 Å². The second-order valence-electron chi connectivity index (χ2n) is 9.42. The minimum absolute atomic E-state index is 0.0899. The maximum absolute atomic E-state index is 13.8. The molecule has 6 rings (SSSR count). The first kappa shape index (κ1) is 24.8. The maximum Gasteiger partial charge on any atom is 0.338 e. The van der Waals surface area contributed by atoms with Crippen molar-refractivity contribution in [2.24, 2.45) is 0 Å². The lowest BCUT2D eigenvalue weighted by Crippen LogP contribution is -2.55. The van der Waals surface area contributed by atoms with E-state index in [1.165, 1.54) is 7.05 Å². The lowest BCUT2D eigenvalue weighted by molar-refractivity contribution is -0.128. The number of hydrogen-bond donors (Lipinski definition) is 0. The highest BCUT2D eigenvalue weighted by molar-refractivity contribution is 6.39. The van der Waals surface area contributed by atoms with Gasteiger partial charge in [0.15, 0.2) is 0 Å². The zero-order chi connectivity index (χ0) is 27.6. The van der Waals surface area contributed by atoms with Crippen LogP contribution < -0.4 is 4.90 Å². The summed E-state index contributed by atoms with van der Waals surface area (Å²) in [7, 11) is 1.39. The average Bonchev–Trinajstić information content (AvgIpc) is 3.39. The third-order valence-electron chi connectivity index (χ3n) is 6.92. The van der Waals surface area contributed by atoms with Gasteiger partial charge in [0, 0.05) is 18.3 Å². The smallest absolute Gasteiger partial charge is 0.309 e. The van der Waals surface area contributed by atoms with Gasteiger partial charge < -0.3 is 4.57 Å². The molecule has 4 amide bonds. The van der Waals surface area contributed by atoms with Crippen molar-refractivity contribution in [2.75, 3.05) is 11.9 Å². The number of anilines is 1.